The van der Waals surface area contributed by atoms with Crippen molar-refractivity contribution < 1.29 is 13.6 Å². The van der Waals surface area contributed by atoms with Gasteiger partial charge in [-0.3, -0.25) is 0 Å². The summed E-state index contributed by atoms with van der Waals surface area (Å²) in [5.74, 6) is -0.0654. The molecule has 4 N–H and O–H groups in total. The molecular weight excluding hydrogens is 313 g/mol. The SMILES string of the molecule is CC(CC(N)=NO)NS(=O)(=O)c1ccc(Cl)c(Cl)c1. The molecule has 0 radical (unpaired) electrons. The fourth-order valence-corrected chi connectivity index (χ4v) is 3.01. The Morgan fingerprint density at radius 3 is 2.63 bits per heavy atom. The van der Waals surface area contributed by atoms with E-state index in [9.17, 15) is 8.42 Å². The van der Waals surface area contributed by atoms with E-state index in [4.69, 9.17) is 34.1 Å². The summed E-state index contributed by atoms with van der Waals surface area (Å²) >= 11 is 11.5. The lowest BCUT2D eigenvalue weighted by molar-refractivity contribution is 0.316. The molecule has 1 rings (SSSR count). The average Bonchev–Trinajstić information content (AvgIpc) is 2.31. The summed E-state index contributed by atoms with van der Waals surface area (Å²) in [6.07, 6.45) is 0.0804. The molecule has 0 spiro atoms. The second-order valence-electron chi connectivity index (χ2n) is 3.89. The Hall–Kier alpha value is -1.02. The van der Waals surface area contributed by atoms with Crippen molar-refractivity contribution in [1.29, 1.82) is 0 Å². The molecule has 1 aromatic carbocycles. The first-order valence-corrected chi connectivity index (χ1v) is 7.44. The lowest BCUT2D eigenvalue weighted by atomic mass is 10.2. The van der Waals surface area contributed by atoms with Crippen molar-refractivity contribution in [3.63, 3.8) is 0 Å². The largest absolute Gasteiger partial charge is 0.409 e. The summed E-state index contributed by atoms with van der Waals surface area (Å²) in [6.45, 7) is 1.59. The minimum Gasteiger partial charge on any atom is -0.409 e. The van der Waals surface area contributed by atoms with E-state index in [1.165, 1.54) is 18.2 Å². The van der Waals surface area contributed by atoms with Gasteiger partial charge in [-0.1, -0.05) is 28.4 Å². The predicted octanol–water partition coefficient (Wildman–Crippen LogP) is 1.80. The van der Waals surface area contributed by atoms with Gasteiger partial charge in [-0.05, 0) is 25.1 Å². The summed E-state index contributed by atoms with van der Waals surface area (Å²) in [7, 11) is -3.74. The van der Waals surface area contributed by atoms with Crippen LogP contribution in [0.15, 0.2) is 28.3 Å². The van der Waals surface area contributed by atoms with Gasteiger partial charge in [0, 0.05) is 12.5 Å². The van der Waals surface area contributed by atoms with Gasteiger partial charge in [-0.2, -0.15) is 0 Å². The number of halogens is 2. The van der Waals surface area contributed by atoms with Crippen LogP contribution in [0.25, 0.3) is 0 Å². The van der Waals surface area contributed by atoms with E-state index in [0.717, 1.165) is 0 Å². The second kappa shape index (κ2) is 6.42. The first-order chi connectivity index (χ1) is 8.76. The third-order valence-corrected chi connectivity index (χ3v) is 4.53. The van der Waals surface area contributed by atoms with Crippen molar-refractivity contribution >= 4 is 39.1 Å². The van der Waals surface area contributed by atoms with Crippen molar-refractivity contribution in [2.45, 2.75) is 24.3 Å². The quantitative estimate of drug-likeness (QED) is 0.332. The highest BCUT2D eigenvalue weighted by Gasteiger charge is 2.19. The number of benzene rings is 1. The monoisotopic (exact) mass is 325 g/mol. The number of hydrogen-bond donors (Lipinski definition) is 3. The minimum absolute atomic E-state index is 0.00624. The molecule has 0 saturated carbocycles. The van der Waals surface area contributed by atoms with Crippen molar-refractivity contribution in [3.8, 4) is 0 Å². The van der Waals surface area contributed by atoms with Crippen LogP contribution >= 0.6 is 23.2 Å². The Bertz CT molecular complexity index is 590. The smallest absolute Gasteiger partial charge is 0.240 e. The lowest BCUT2D eigenvalue weighted by Crippen LogP contribution is -2.35. The zero-order valence-electron chi connectivity index (χ0n) is 9.97. The first kappa shape index (κ1) is 16.0. The van der Waals surface area contributed by atoms with E-state index in [2.05, 4.69) is 9.88 Å². The van der Waals surface area contributed by atoms with Gasteiger partial charge in [0.1, 0.15) is 5.84 Å². The summed E-state index contributed by atoms with van der Waals surface area (Å²) in [5.41, 5.74) is 5.30. The van der Waals surface area contributed by atoms with Gasteiger partial charge in [0.2, 0.25) is 10.0 Å². The van der Waals surface area contributed by atoms with Crippen molar-refractivity contribution in [1.82, 2.24) is 4.72 Å². The maximum atomic E-state index is 12.0. The van der Waals surface area contributed by atoms with E-state index in [1.54, 1.807) is 6.92 Å². The van der Waals surface area contributed by atoms with Crippen molar-refractivity contribution in [2.75, 3.05) is 0 Å². The highest BCUT2D eigenvalue weighted by atomic mass is 35.5. The molecule has 1 aromatic rings. The molecule has 9 heteroatoms. The van der Waals surface area contributed by atoms with Gasteiger partial charge in [-0.25, -0.2) is 13.1 Å². The van der Waals surface area contributed by atoms with E-state index in [1.807, 2.05) is 0 Å². The van der Waals surface area contributed by atoms with Crippen LogP contribution in [0, 0.1) is 0 Å². The highest BCUT2D eigenvalue weighted by Crippen LogP contribution is 2.24. The maximum absolute atomic E-state index is 12.0. The number of sulfonamides is 1. The molecule has 0 bridgehead atoms. The van der Waals surface area contributed by atoms with Crippen LogP contribution in [-0.4, -0.2) is 25.5 Å². The molecule has 0 amide bonds. The van der Waals surface area contributed by atoms with E-state index in [-0.39, 0.29) is 27.2 Å². The number of nitrogens with one attached hydrogen (secondary N) is 1. The second-order valence-corrected chi connectivity index (χ2v) is 6.42. The van der Waals surface area contributed by atoms with Crippen molar-refractivity contribution in [3.05, 3.63) is 28.2 Å². The molecule has 1 atom stereocenters. The minimum atomic E-state index is -3.74. The third kappa shape index (κ3) is 4.54. The van der Waals surface area contributed by atoms with Crippen molar-refractivity contribution in [2.24, 2.45) is 10.9 Å². The van der Waals surface area contributed by atoms with Gasteiger partial charge < -0.3 is 10.9 Å². The summed E-state index contributed by atoms with van der Waals surface area (Å²) in [6, 6.07) is 3.46. The van der Waals surface area contributed by atoms with E-state index < -0.39 is 16.1 Å². The van der Waals surface area contributed by atoms with E-state index in [0.29, 0.717) is 0 Å². The van der Waals surface area contributed by atoms with Crippen LogP contribution in [0.3, 0.4) is 0 Å². The molecule has 0 aliphatic rings. The van der Waals surface area contributed by atoms with Crippen LogP contribution < -0.4 is 10.5 Å². The molecule has 0 heterocycles. The number of nitrogens with two attached hydrogens (primary N) is 1. The molecule has 0 aromatic heterocycles. The van der Waals surface area contributed by atoms with Gasteiger partial charge in [0.05, 0.1) is 14.9 Å². The van der Waals surface area contributed by atoms with Crippen LogP contribution in [0.2, 0.25) is 10.0 Å². The topological polar surface area (TPSA) is 105 Å². The molecular formula is C10H13Cl2N3O3S. The number of amidine groups is 1. The highest BCUT2D eigenvalue weighted by molar-refractivity contribution is 7.89. The fraction of sp³-hybridized carbons (Fsp3) is 0.300. The van der Waals surface area contributed by atoms with Gasteiger partial charge in [0.25, 0.3) is 0 Å². The van der Waals surface area contributed by atoms with Gasteiger partial charge >= 0.3 is 0 Å². The summed E-state index contributed by atoms with van der Waals surface area (Å²) in [4.78, 5) is -0.00624. The Kier molecular flexibility index (Phi) is 5.42. The van der Waals surface area contributed by atoms with Crippen LogP contribution in [0.5, 0.6) is 0 Å². The summed E-state index contributed by atoms with van der Waals surface area (Å²) in [5, 5.41) is 11.6. The molecule has 0 fully saturated rings. The van der Waals surface area contributed by atoms with Crippen LogP contribution in [-0.2, 0) is 10.0 Å². The molecule has 0 saturated heterocycles. The number of rotatable bonds is 5. The maximum Gasteiger partial charge on any atom is 0.240 e. The zero-order chi connectivity index (χ0) is 14.6. The normalized spacial score (nSPS) is 14.4. The van der Waals surface area contributed by atoms with Gasteiger partial charge in [0.15, 0.2) is 0 Å². The van der Waals surface area contributed by atoms with Crippen LogP contribution in [0.4, 0.5) is 0 Å². The average molecular weight is 326 g/mol. The molecule has 1 unspecified atom stereocenters. The van der Waals surface area contributed by atoms with Crippen LogP contribution in [0.1, 0.15) is 13.3 Å². The standard InChI is InChI=1S/C10H13Cl2N3O3S/c1-6(4-10(13)14-16)15-19(17,18)7-2-3-8(11)9(12)5-7/h2-3,5-6,15-16H,4H2,1H3,(H2,13,14). The molecule has 6 nitrogen and oxygen atoms in total. The fourth-order valence-electron chi connectivity index (χ4n) is 1.37. The Labute approximate surface area is 121 Å². The Balaban J connectivity index is 2.89. The predicted molar refractivity (Wildman–Crippen MR) is 74.3 cm³/mol. The Morgan fingerprint density at radius 1 is 1.47 bits per heavy atom. The third-order valence-electron chi connectivity index (χ3n) is 2.20. The zero-order valence-corrected chi connectivity index (χ0v) is 12.3. The number of oxime groups is 1. The molecule has 106 valence electrons. The molecule has 0 aliphatic carbocycles. The first-order valence-electron chi connectivity index (χ1n) is 5.20. The summed E-state index contributed by atoms with van der Waals surface area (Å²) < 4.78 is 26.4. The Morgan fingerprint density at radius 2 is 2.11 bits per heavy atom. The van der Waals surface area contributed by atoms with E-state index >= 15 is 0 Å². The molecule has 19 heavy (non-hydrogen) atoms. The molecule has 0 aliphatic heterocycles. The number of nitrogens with zero attached hydrogens (tertiary/aromatic N) is 1. The van der Waals surface area contributed by atoms with Gasteiger partial charge in [-0.15, -0.1) is 0 Å². The number of hydrogen-bond acceptors (Lipinski definition) is 4. The lowest BCUT2D eigenvalue weighted by Gasteiger charge is -2.13.